The molecule has 1 aliphatic rings. The number of amides is 1. The number of nitrogens with one attached hydrogen (secondary N) is 1. The summed E-state index contributed by atoms with van der Waals surface area (Å²) in [7, 11) is 1.29. The molecule has 1 amide bonds. The molecule has 0 saturated carbocycles. The van der Waals surface area contributed by atoms with Crippen LogP contribution in [0.4, 0.5) is 0 Å². The van der Waals surface area contributed by atoms with Gasteiger partial charge in [0.1, 0.15) is 5.70 Å². The minimum absolute atomic E-state index is 0.121. The zero-order chi connectivity index (χ0) is 8.97. The van der Waals surface area contributed by atoms with Gasteiger partial charge in [-0.1, -0.05) is 6.08 Å². The third-order valence-corrected chi connectivity index (χ3v) is 1.64. The summed E-state index contributed by atoms with van der Waals surface area (Å²) < 4.78 is 4.47. The van der Waals surface area contributed by atoms with Crippen LogP contribution in [0, 0.1) is 0 Å². The third-order valence-electron chi connectivity index (χ3n) is 1.64. The van der Waals surface area contributed by atoms with E-state index in [9.17, 15) is 9.59 Å². The van der Waals surface area contributed by atoms with Gasteiger partial charge in [0, 0.05) is 6.42 Å². The van der Waals surface area contributed by atoms with Gasteiger partial charge in [0.25, 0.3) is 0 Å². The number of carbonyl (C=O) groups excluding carboxylic acids is 2. The summed E-state index contributed by atoms with van der Waals surface area (Å²) in [5.41, 5.74) is 0.264. The third kappa shape index (κ3) is 2.08. The Bertz CT molecular complexity index is 232. The molecular weight excluding hydrogens is 158 g/mol. The molecule has 0 saturated heterocycles. The summed E-state index contributed by atoms with van der Waals surface area (Å²) in [6, 6.07) is 0. The number of rotatable bonds is 1. The topological polar surface area (TPSA) is 55.4 Å². The maximum atomic E-state index is 11.0. The molecule has 0 unspecified atom stereocenters. The second-order valence-electron chi connectivity index (χ2n) is 2.55. The van der Waals surface area contributed by atoms with Crippen molar-refractivity contribution >= 4 is 11.9 Å². The van der Waals surface area contributed by atoms with Crippen LogP contribution >= 0.6 is 0 Å². The number of methoxy groups -OCH3 is 1. The van der Waals surface area contributed by atoms with Crippen LogP contribution in [0.15, 0.2) is 11.8 Å². The predicted octanol–water partition coefficient (Wildman–Crippen LogP) is 0.343. The fraction of sp³-hybridized carbons (Fsp3) is 0.500. The van der Waals surface area contributed by atoms with Crippen molar-refractivity contribution in [3.8, 4) is 0 Å². The maximum Gasteiger partial charge on any atom is 0.354 e. The molecule has 4 heteroatoms. The summed E-state index contributed by atoms with van der Waals surface area (Å²) in [4.78, 5) is 21.9. The minimum atomic E-state index is -0.481. The number of carbonyl (C=O) groups is 2. The lowest BCUT2D eigenvalue weighted by atomic mass is 10.2. The van der Waals surface area contributed by atoms with E-state index in [1.54, 1.807) is 6.08 Å². The Balaban J connectivity index is 2.67. The quantitative estimate of drug-likeness (QED) is 0.576. The maximum absolute atomic E-state index is 11.0. The average Bonchev–Trinajstić information content (AvgIpc) is 2.28. The van der Waals surface area contributed by atoms with Gasteiger partial charge in [-0.15, -0.1) is 0 Å². The van der Waals surface area contributed by atoms with E-state index in [0.717, 1.165) is 12.8 Å². The van der Waals surface area contributed by atoms with Gasteiger partial charge in [-0.3, -0.25) is 4.79 Å². The zero-order valence-electron chi connectivity index (χ0n) is 6.92. The molecule has 66 valence electrons. The minimum Gasteiger partial charge on any atom is -0.464 e. The van der Waals surface area contributed by atoms with Gasteiger partial charge < -0.3 is 10.1 Å². The summed E-state index contributed by atoms with van der Waals surface area (Å²) in [6.45, 7) is 0. The zero-order valence-corrected chi connectivity index (χ0v) is 6.92. The fourth-order valence-electron chi connectivity index (χ4n) is 1.02. The molecule has 1 rings (SSSR count). The Morgan fingerprint density at radius 1 is 1.67 bits per heavy atom. The number of hydrogen-bond acceptors (Lipinski definition) is 3. The summed E-state index contributed by atoms with van der Waals surface area (Å²) >= 11 is 0. The number of hydrogen-bond donors (Lipinski definition) is 1. The smallest absolute Gasteiger partial charge is 0.354 e. The Morgan fingerprint density at radius 2 is 2.42 bits per heavy atom. The van der Waals surface area contributed by atoms with E-state index in [2.05, 4.69) is 10.1 Å². The van der Waals surface area contributed by atoms with Gasteiger partial charge in [-0.25, -0.2) is 4.79 Å². The molecule has 0 radical (unpaired) electrons. The molecule has 1 aliphatic heterocycles. The molecule has 4 nitrogen and oxygen atoms in total. The fourth-order valence-corrected chi connectivity index (χ4v) is 1.02. The van der Waals surface area contributed by atoms with Crippen LogP contribution < -0.4 is 5.32 Å². The largest absolute Gasteiger partial charge is 0.464 e. The molecule has 0 aromatic rings. The molecule has 1 heterocycles. The summed E-state index contributed by atoms with van der Waals surface area (Å²) in [5, 5.41) is 2.48. The average molecular weight is 169 g/mol. The van der Waals surface area contributed by atoms with E-state index in [0.29, 0.717) is 6.42 Å². The second kappa shape index (κ2) is 3.90. The van der Waals surface area contributed by atoms with Crippen LogP contribution in [0.3, 0.4) is 0 Å². The Hall–Kier alpha value is -1.32. The first-order valence-corrected chi connectivity index (χ1v) is 3.82. The van der Waals surface area contributed by atoms with Gasteiger partial charge in [0.2, 0.25) is 5.91 Å². The van der Waals surface area contributed by atoms with Gasteiger partial charge in [0.05, 0.1) is 7.11 Å². The molecule has 0 atom stereocenters. The molecule has 0 aromatic heterocycles. The van der Waals surface area contributed by atoms with Crippen LogP contribution in [0.1, 0.15) is 19.3 Å². The molecule has 0 fully saturated rings. The molecule has 0 bridgehead atoms. The Morgan fingerprint density at radius 3 is 3.08 bits per heavy atom. The van der Waals surface area contributed by atoms with Crippen molar-refractivity contribution in [1.82, 2.24) is 5.32 Å². The Labute approximate surface area is 70.6 Å². The molecule has 0 aromatic carbocycles. The SMILES string of the molecule is COC(=O)C1=CCCCC(=O)N1. The number of ether oxygens (including phenoxy) is 1. The molecule has 12 heavy (non-hydrogen) atoms. The van der Waals surface area contributed by atoms with E-state index in [1.807, 2.05) is 0 Å². The van der Waals surface area contributed by atoms with Crippen LogP contribution in [-0.2, 0) is 14.3 Å². The lowest BCUT2D eigenvalue weighted by Crippen LogP contribution is -2.26. The van der Waals surface area contributed by atoms with Crippen molar-refractivity contribution in [3.05, 3.63) is 11.8 Å². The number of allylic oxidation sites excluding steroid dienone is 1. The van der Waals surface area contributed by atoms with Crippen molar-refractivity contribution in [1.29, 1.82) is 0 Å². The first-order chi connectivity index (χ1) is 5.74. The lowest BCUT2D eigenvalue weighted by molar-refractivity contribution is -0.137. The molecular formula is C8H11NO3. The lowest BCUT2D eigenvalue weighted by Gasteiger charge is -2.03. The van der Waals surface area contributed by atoms with Gasteiger partial charge >= 0.3 is 5.97 Å². The first kappa shape index (κ1) is 8.77. The predicted molar refractivity (Wildman–Crippen MR) is 42.1 cm³/mol. The molecule has 1 N–H and O–H groups in total. The highest BCUT2D eigenvalue weighted by molar-refractivity contribution is 5.94. The van der Waals surface area contributed by atoms with E-state index >= 15 is 0 Å². The normalized spacial score (nSPS) is 17.4. The van der Waals surface area contributed by atoms with Crippen molar-refractivity contribution in [2.45, 2.75) is 19.3 Å². The monoisotopic (exact) mass is 169 g/mol. The molecule has 0 spiro atoms. The van der Waals surface area contributed by atoms with Gasteiger partial charge in [-0.05, 0) is 12.8 Å². The van der Waals surface area contributed by atoms with E-state index in [1.165, 1.54) is 7.11 Å². The van der Waals surface area contributed by atoms with E-state index < -0.39 is 5.97 Å². The van der Waals surface area contributed by atoms with Crippen molar-refractivity contribution in [2.75, 3.05) is 7.11 Å². The number of esters is 1. The van der Waals surface area contributed by atoms with E-state index in [-0.39, 0.29) is 11.6 Å². The van der Waals surface area contributed by atoms with E-state index in [4.69, 9.17) is 0 Å². The summed E-state index contributed by atoms with van der Waals surface area (Å²) in [6.07, 6.45) is 3.68. The standard InChI is InChI=1S/C8H11NO3/c1-12-8(11)6-4-2-3-5-7(10)9-6/h4H,2-3,5H2,1H3,(H,9,10). The van der Waals surface area contributed by atoms with Crippen molar-refractivity contribution in [3.63, 3.8) is 0 Å². The summed E-state index contributed by atoms with van der Waals surface area (Å²) in [5.74, 6) is -0.602. The first-order valence-electron chi connectivity index (χ1n) is 3.82. The highest BCUT2D eigenvalue weighted by atomic mass is 16.5. The van der Waals surface area contributed by atoms with Crippen molar-refractivity contribution < 1.29 is 14.3 Å². The van der Waals surface area contributed by atoms with Gasteiger partial charge in [-0.2, -0.15) is 0 Å². The Kier molecular flexibility index (Phi) is 2.85. The van der Waals surface area contributed by atoms with Crippen LogP contribution in [-0.4, -0.2) is 19.0 Å². The van der Waals surface area contributed by atoms with Crippen LogP contribution in [0.5, 0.6) is 0 Å². The van der Waals surface area contributed by atoms with Gasteiger partial charge in [0.15, 0.2) is 0 Å². The van der Waals surface area contributed by atoms with Crippen molar-refractivity contribution in [2.24, 2.45) is 0 Å². The van der Waals surface area contributed by atoms with Crippen LogP contribution in [0.25, 0.3) is 0 Å². The van der Waals surface area contributed by atoms with Crippen LogP contribution in [0.2, 0.25) is 0 Å². The second-order valence-corrected chi connectivity index (χ2v) is 2.55. The highest BCUT2D eigenvalue weighted by Crippen LogP contribution is 2.06. The molecule has 0 aliphatic carbocycles. The highest BCUT2D eigenvalue weighted by Gasteiger charge is 2.14.